The number of nitrogens with zero attached hydrogens (tertiary/aromatic N) is 3. The number of methoxy groups -OCH3 is 1. The van der Waals surface area contributed by atoms with Crippen LogP contribution in [-0.2, 0) is 11.8 Å². The molecule has 1 aromatic heterocycles. The Labute approximate surface area is 109 Å². The Bertz CT molecular complexity index is 382. The molecule has 2 rings (SSSR count). The molecule has 1 aliphatic heterocycles. The van der Waals surface area contributed by atoms with E-state index in [1.165, 1.54) is 11.3 Å². The molecule has 5 heteroatoms. The number of hydrogen-bond acceptors (Lipinski definition) is 4. The van der Waals surface area contributed by atoms with Crippen molar-refractivity contribution in [2.24, 2.45) is 12.8 Å². The van der Waals surface area contributed by atoms with Crippen LogP contribution in [-0.4, -0.2) is 47.5 Å². The minimum Gasteiger partial charge on any atom is -0.381 e. The molecule has 0 amide bonds. The van der Waals surface area contributed by atoms with E-state index >= 15 is 0 Å². The zero-order valence-corrected chi connectivity index (χ0v) is 11.6. The van der Waals surface area contributed by atoms with Crippen molar-refractivity contribution in [2.75, 3.05) is 26.7 Å². The fourth-order valence-electron chi connectivity index (χ4n) is 2.74. The summed E-state index contributed by atoms with van der Waals surface area (Å²) in [6.45, 7) is 4.85. The maximum atomic E-state index is 5.97. The molecule has 1 fully saturated rings. The van der Waals surface area contributed by atoms with Crippen molar-refractivity contribution < 1.29 is 4.74 Å². The summed E-state index contributed by atoms with van der Waals surface area (Å²) >= 11 is 0. The van der Waals surface area contributed by atoms with Gasteiger partial charge in [-0.15, -0.1) is 0 Å². The Hall–Kier alpha value is -0.910. The lowest BCUT2D eigenvalue weighted by Crippen LogP contribution is -2.41. The van der Waals surface area contributed by atoms with Gasteiger partial charge in [0.2, 0.25) is 0 Å². The van der Waals surface area contributed by atoms with E-state index in [2.05, 4.69) is 16.9 Å². The smallest absolute Gasteiger partial charge is 0.0595 e. The van der Waals surface area contributed by atoms with Gasteiger partial charge in [-0.25, -0.2) is 0 Å². The van der Waals surface area contributed by atoms with Crippen LogP contribution in [0.2, 0.25) is 0 Å². The molecule has 0 aromatic carbocycles. The van der Waals surface area contributed by atoms with Gasteiger partial charge < -0.3 is 10.5 Å². The minimum absolute atomic E-state index is 0.288. The first-order chi connectivity index (χ1) is 8.67. The number of rotatable bonds is 4. The first-order valence-electron chi connectivity index (χ1n) is 6.62. The number of likely N-dealkylation sites (tertiary alicyclic amines) is 1. The molecule has 5 nitrogen and oxygen atoms in total. The Morgan fingerprint density at radius 1 is 1.50 bits per heavy atom. The van der Waals surface area contributed by atoms with E-state index in [-0.39, 0.29) is 6.04 Å². The van der Waals surface area contributed by atoms with Crippen molar-refractivity contribution in [1.29, 1.82) is 0 Å². The Kier molecular flexibility index (Phi) is 4.37. The quantitative estimate of drug-likeness (QED) is 0.862. The molecule has 0 aliphatic carbocycles. The van der Waals surface area contributed by atoms with Gasteiger partial charge >= 0.3 is 0 Å². The maximum absolute atomic E-state index is 5.97. The highest BCUT2D eigenvalue weighted by molar-refractivity contribution is 5.21. The lowest BCUT2D eigenvalue weighted by Gasteiger charge is -2.36. The Morgan fingerprint density at radius 3 is 2.61 bits per heavy atom. The molecule has 2 N–H and O–H groups in total. The van der Waals surface area contributed by atoms with Crippen LogP contribution in [0.4, 0.5) is 0 Å². The van der Waals surface area contributed by atoms with Crippen molar-refractivity contribution in [3.63, 3.8) is 0 Å². The van der Waals surface area contributed by atoms with Gasteiger partial charge in [0.25, 0.3) is 0 Å². The van der Waals surface area contributed by atoms with Gasteiger partial charge in [-0.1, -0.05) is 0 Å². The average Bonchev–Trinajstić information content (AvgIpc) is 2.73. The molecule has 0 spiro atoms. The fourth-order valence-corrected chi connectivity index (χ4v) is 2.74. The van der Waals surface area contributed by atoms with Gasteiger partial charge in [-0.3, -0.25) is 9.58 Å². The van der Waals surface area contributed by atoms with Gasteiger partial charge in [0.15, 0.2) is 0 Å². The van der Waals surface area contributed by atoms with Gasteiger partial charge in [0.05, 0.1) is 18.3 Å². The second-order valence-electron chi connectivity index (χ2n) is 5.03. The fraction of sp³-hybridized carbons (Fsp3) is 0.769. The third-order valence-corrected chi connectivity index (χ3v) is 4.11. The molecular weight excluding hydrogens is 228 g/mol. The zero-order valence-electron chi connectivity index (χ0n) is 11.6. The number of nitrogens with two attached hydrogens (primary N) is 1. The Morgan fingerprint density at radius 2 is 2.17 bits per heavy atom. The van der Waals surface area contributed by atoms with E-state index in [0.717, 1.165) is 25.9 Å². The molecule has 0 radical (unpaired) electrons. The molecule has 2 heterocycles. The summed E-state index contributed by atoms with van der Waals surface area (Å²) in [6.07, 6.45) is 4.54. The molecule has 1 saturated heterocycles. The molecule has 0 saturated carbocycles. The van der Waals surface area contributed by atoms with Crippen LogP contribution in [0, 0.1) is 6.92 Å². The number of aromatic nitrogens is 2. The van der Waals surface area contributed by atoms with Crippen LogP contribution in [0.15, 0.2) is 6.20 Å². The first kappa shape index (κ1) is 13.5. The topological polar surface area (TPSA) is 56.3 Å². The van der Waals surface area contributed by atoms with Crippen LogP contribution in [0.3, 0.4) is 0 Å². The summed E-state index contributed by atoms with van der Waals surface area (Å²) in [4.78, 5) is 2.46. The summed E-state index contributed by atoms with van der Waals surface area (Å²) in [5.74, 6) is 0. The molecule has 102 valence electrons. The van der Waals surface area contributed by atoms with Crippen molar-refractivity contribution in [3.05, 3.63) is 17.5 Å². The molecule has 1 atom stereocenters. The molecule has 1 aromatic rings. The van der Waals surface area contributed by atoms with Crippen molar-refractivity contribution in [3.8, 4) is 0 Å². The van der Waals surface area contributed by atoms with Crippen LogP contribution in [0.5, 0.6) is 0 Å². The summed E-state index contributed by atoms with van der Waals surface area (Å²) in [5.41, 5.74) is 8.44. The van der Waals surface area contributed by atoms with E-state index in [1.54, 1.807) is 7.11 Å². The molecule has 1 aliphatic rings. The van der Waals surface area contributed by atoms with Crippen LogP contribution >= 0.6 is 0 Å². The summed E-state index contributed by atoms with van der Waals surface area (Å²) in [5, 5.41) is 4.32. The largest absolute Gasteiger partial charge is 0.381 e. The average molecular weight is 252 g/mol. The zero-order chi connectivity index (χ0) is 13.1. The van der Waals surface area contributed by atoms with E-state index in [0.29, 0.717) is 12.6 Å². The normalized spacial score (nSPS) is 20.2. The third-order valence-electron chi connectivity index (χ3n) is 4.11. The molecule has 1 unspecified atom stereocenters. The number of ether oxygens (including phenoxy) is 1. The summed E-state index contributed by atoms with van der Waals surface area (Å²) in [7, 11) is 3.77. The third kappa shape index (κ3) is 2.58. The number of piperidine rings is 1. The number of aryl methyl sites for hydroxylation is 1. The van der Waals surface area contributed by atoms with E-state index in [1.807, 2.05) is 17.9 Å². The van der Waals surface area contributed by atoms with Crippen LogP contribution < -0.4 is 5.73 Å². The van der Waals surface area contributed by atoms with Crippen LogP contribution in [0.1, 0.15) is 30.1 Å². The highest BCUT2D eigenvalue weighted by Gasteiger charge is 2.27. The molecule has 18 heavy (non-hydrogen) atoms. The Balaban J connectivity index is 2.08. The van der Waals surface area contributed by atoms with Gasteiger partial charge in [-0.2, -0.15) is 5.10 Å². The molecular formula is C13H24N4O. The van der Waals surface area contributed by atoms with E-state index < -0.39 is 0 Å². The molecule has 0 bridgehead atoms. The second-order valence-corrected chi connectivity index (χ2v) is 5.03. The van der Waals surface area contributed by atoms with E-state index in [9.17, 15) is 0 Å². The summed E-state index contributed by atoms with van der Waals surface area (Å²) in [6, 6.07) is 0.288. The first-order valence-corrected chi connectivity index (χ1v) is 6.62. The van der Waals surface area contributed by atoms with Gasteiger partial charge in [0, 0.05) is 45.0 Å². The maximum Gasteiger partial charge on any atom is 0.0595 e. The van der Waals surface area contributed by atoms with Crippen molar-refractivity contribution in [1.82, 2.24) is 14.7 Å². The summed E-state index contributed by atoms with van der Waals surface area (Å²) < 4.78 is 7.33. The lowest BCUT2D eigenvalue weighted by molar-refractivity contribution is 0.0279. The highest BCUT2D eigenvalue weighted by atomic mass is 16.5. The van der Waals surface area contributed by atoms with Gasteiger partial charge in [-0.05, 0) is 19.8 Å². The minimum atomic E-state index is 0.288. The monoisotopic (exact) mass is 252 g/mol. The number of hydrogen-bond donors (Lipinski definition) is 1. The van der Waals surface area contributed by atoms with E-state index in [4.69, 9.17) is 10.5 Å². The SMILES string of the molecule is COC1CCN(C(CN)c2cnn(C)c2C)CC1. The standard InChI is InChI=1S/C13H24N4O/c1-10-12(9-15-16(10)2)13(8-14)17-6-4-11(18-3)5-7-17/h9,11,13H,4-8,14H2,1-3H3. The van der Waals surface area contributed by atoms with Gasteiger partial charge in [0.1, 0.15) is 0 Å². The lowest BCUT2D eigenvalue weighted by atomic mass is 10.0. The second kappa shape index (κ2) is 5.82. The highest BCUT2D eigenvalue weighted by Crippen LogP contribution is 2.26. The van der Waals surface area contributed by atoms with Crippen LogP contribution in [0.25, 0.3) is 0 Å². The van der Waals surface area contributed by atoms with Crippen molar-refractivity contribution >= 4 is 0 Å². The van der Waals surface area contributed by atoms with Crippen molar-refractivity contribution in [2.45, 2.75) is 31.9 Å². The predicted molar refractivity (Wildman–Crippen MR) is 71.3 cm³/mol. The predicted octanol–water partition coefficient (Wildman–Crippen LogP) is 0.839.